The van der Waals surface area contributed by atoms with E-state index in [2.05, 4.69) is 11.4 Å². The van der Waals surface area contributed by atoms with E-state index >= 15 is 0 Å². The van der Waals surface area contributed by atoms with Crippen molar-refractivity contribution in [2.24, 2.45) is 5.92 Å². The second kappa shape index (κ2) is 8.68. The topological polar surface area (TPSA) is 58.6 Å². The Kier molecular flexibility index (Phi) is 6.26. The van der Waals surface area contributed by atoms with Gasteiger partial charge in [0.05, 0.1) is 0 Å². The molecule has 5 heteroatoms. The number of nitrogens with one attached hydrogen (secondary N) is 1. The van der Waals surface area contributed by atoms with Crippen LogP contribution in [0.25, 0.3) is 0 Å². The quantitative estimate of drug-likeness (QED) is 0.828. The van der Waals surface area contributed by atoms with Gasteiger partial charge >= 0.3 is 0 Å². The number of benzene rings is 2. The normalized spacial score (nSPS) is 13.2. The Bertz CT molecular complexity index is 934. The number of ether oxygens (including phenoxy) is 1. The average Bonchev–Trinajstić information content (AvgIpc) is 2.68. The van der Waals surface area contributed by atoms with E-state index in [0.29, 0.717) is 6.54 Å². The van der Waals surface area contributed by atoms with E-state index in [1.165, 1.54) is 5.56 Å². The minimum atomic E-state index is -0.200. The van der Waals surface area contributed by atoms with E-state index in [1.807, 2.05) is 63.8 Å². The van der Waals surface area contributed by atoms with Gasteiger partial charge < -0.3 is 15.0 Å². The Labute approximate surface area is 173 Å². The second-order valence-corrected chi connectivity index (χ2v) is 8.19. The summed E-state index contributed by atoms with van der Waals surface area (Å²) >= 11 is 0. The summed E-state index contributed by atoms with van der Waals surface area (Å²) in [7, 11) is 0. The smallest absolute Gasteiger partial charge is 0.262 e. The van der Waals surface area contributed by atoms with Crippen LogP contribution < -0.4 is 10.1 Å². The van der Waals surface area contributed by atoms with E-state index in [-0.39, 0.29) is 24.3 Å². The molecule has 0 aliphatic carbocycles. The lowest BCUT2D eigenvalue weighted by atomic mass is 9.98. The molecule has 0 spiro atoms. The third kappa shape index (κ3) is 4.97. The summed E-state index contributed by atoms with van der Waals surface area (Å²) < 4.78 is 5.76. The zero-order valence-electron chi connectivity index (χ0n) is 18.0. The van der Waals surface area contributed by atoms with Crippen molar-refractivity contribution in [2.75, 3.05) is 18.5 Å². The van der Waals surface area contributed by atoms with Crippen LogP contribution in [0.3, 0.4) is 0 Å². The molecule has 29 heavy (non-hydrogen) atoms. The van der Waals surface area contributed by atoms with Gasteiger partial charge in [0.1, 0.15) is 5.75 Å². The number of hydrogen-bond donors (Lipinski definition) is 1. The molecule has 0 fully saturated rings. The number of carbonyl (C=O) groups excluding carboxylic acids is 2. The van der Waals surface area contributed by atoms with Crippen LogP contribution in [0.2, 0.25) is 0 Å². The van der Waals surface area contributed by atoms with Gasteiger partial charge in [-0.3, -0.25) is 9.59 Å². The zero-order valence-corrected chi connectivity index (χ0v) is 18.0. The van der Waals surface area contributed by atoms with E-state index in [9.17, 15) is 9.59 Å². The average molecular weight is 395 g/mol. The molecule has 0 bridgehead atoms. The molecular weight excluding hydrogens is 364 g/mol. The monoisotopic (exact) mass is 394 g/mol. The minimum absolute atomic E-state index is 0.00898. The van der Waals surface area contributed by atoms with Gasteiger partial charge in [0.15, 0.2) is 6.61 Å². The van der Waals surface area contributed by atoms with Gasteiger partial charge in [0.2, 0.25) is 5.91 Å². The molecule has 5 nitrogen and oxygen atoms in total. The minimum Gasteiger partial charge on any atom is -0.483 e. The van der Waals surface area contributed by atoms with Crippen molar-refractivity contribution in [1.82, 2.24) is 4.90 Å². The molecule has 1 heterocycles. The summed E-state index contributed by atoms with van der Waals surface area (Å²) in [5.41, 5.74) is 6.36. The molecule has 0 atom stereocenters. The maximum atomic E-state index is 12.4. The van der Waals surface area contributed by atoms with Crippen LogP contribution in [0.5, 0.6) is 5.75 Å². The maximum absolute atomic E-state index is 12.4. The molecule has 2 aromatic rings. The van der Waals surface area contributed by atoms with Gasteiger partial charge in [0.25, 0.3) is 5.91 Å². The molecule has 1 aliphatic rings. The lowest BCUT2D eigenvalue weighted by molar-refractivity contribution is -0.135. The summed E-state index contributed by atoms with van der Waals surface area (Å²) in [6.45, 7) is 11.2. The number of amides is 2. The fourth-order valence-electron chi connectivity index (χ4n) is 3.68. The van der Waals surface area contributed by atoms with Gasteiger partial charge in [-0.1, -0.05) is 26.0 Å². The van der Waals surface area contributed by atoms with Crippen molar-refractivity contribution in [1.29, 1.82) is 0 Å². The molecule has 2 aromatic carbocycles. The van der Waals surface area contributed by atoms with Crippen LogP contribution in [0.15, 0.2) is 30.3 Å². The standard InChI is InChI=1S/C24H30N2O3/c1-15(2)24(28)26-9-8-19-6-7-21(12-20(19)13-26)25-23(27)14-29-22-11-16(3)10-17(4)18(22)5/h6-7,10-12,15H,8-9,13-14H2,1-5H3,(H,25,27). The van der Waals surface area contributed by atoms with Crippen molar-refractivity contribution in [3.63, 3.8) is 0 Å². The highest BCUT2D eigenvalue weighted by atomic mass is 16.5. The SMILES string of the molecule is Cc1cc(C)c(C)c(OCC(=O)Nc2ccc3c(c2)CN(C(=O)C(C)C)CC3)c1. The first kappa shape index (κ1) is 20.9. The molecule has 3 rings (SSSR count). The van der Waals surface area contributed by atoms with Crippen LogP contribution in [0.1, 0.15) is 41.7 Å². The fourth-order valence-corrected chi connectivity index (χ4v) is 3.68. The van der Waals surface area contributed by atoms with E-state index < -0.39 is 0 Å². The van der Waals surface area contributed by atoms with Gasteiger partial charge in [-0.2, -0.15) is 0 Å². The highest BCUT2D eigenvalue weighted by Gasteiger charge is 2.22. The number of carbonyl (C=O) groups is 2. The number of anilines is 1. The number of aryl methyl sites for hydroxylation is 2. The Hall–Kier alpha value is -2.82. The molecule has 0 aromatic heterocycles. The van der Waals surface area contributed by atoms with Gasteiger partial charge in [0, 0.05) is 24.7 Å². The summed E-state index contributed by atoms with van der Waals surface area (Å²) in [4.78, 5) is 26.6. The molecule has 154 valence electrons. The molecule has 1 aliphatic heterocycles. The van der Waals surface area contributed by atoms with Gasteiger partial charge in [-0.25, -0.2) is 0 Å². The Morgan fingerprint density at radius 1 is 1.10 bits per heavy atom. The summed E-state index contributed by atoms with van der Waals surface area (Å²) in [6, 6.07) is 9.97. The highest BCUT2D eigenvalue weighted by Crippen LogP contribution is 2.25. The van der Waals surface area contributed by atoms with E-state index in [1.54, 1.807) is 0 Å². The van der Waals surface area contributed by atoms with Crippen LogP contribution in [-0.2, 0) is 22.6 Å². The first-order valence-corrected chi connectivity index (χ1v) is 10.2. The number of fused-ring (bicyclic) bond motifs is 1. The predicted octanol–water partition coefficient (Wildman–Crippen LogP) is 4.17. The molecule has 1 N–H and O–H groups in total. The van der Waals surface area contributed by atoms with Gasteiger partial charge in [-0.05, 0) is 73.2 Å². The van der Waals surface area contributed by atoms with Crippen LogP contribution in [-0.4, -0.2) is 29.9 Å². The van der Waals surface area contributed by atoms with Crippen molar-refractivity contribution < 1.29 is 14.3 Å². The molecule has 2 amide bonds. The summed E-state index contributed by atoms with van der Waals surface area (Å²) in [5.74, 6) is 0.702. The lowest BCUT2D eigenvalue weighted by Crippen LogP contribution is -2.38. The molecule has 0 saturated heterocycles. The van der Waals surface area contributed by atoms with Crippen molar-refractivity contribution in [2.45, 2.75) is 47.6 Å². The van der Waals surface area contributed by atoms with Gasteiger partial charge in [-0.15, -0.1) is 0 Å². The Balaban J connectivity index is 1.63. The first-order chi connectivity index (χ1) is 13.7. The second-order valence-electron chi connectivity index (χ2n) is 8.19. The summed E-state index contributed by atoms with van der Waals surface area (Å²) in [6.07, 6.45) is 0.844. The molecule has 0 saturated carbocycles. The third-order valence-electron chi connectivity index (χ3n) is 5.43. The fraction of sp³-hybridized carbons (Fsp3) is 0.417. The number of nitrogens with zero attached hydrogens (tertiary/aromatic N) is 1. The Morgan fingerprint density at radius 3 is 2.59 bits per heavy atom. The highest BCUT2D eigenvalue weighted by molar-refractivity contribution is 5.92. The molecular formula is C24H30N2O3. The third-order valence-corrected chi connectivity index (χ3v) is 5.43. The van der Waals surface area contributed by atoms with Crippen LogP contribution in [0.4, 0.5) is 5.69 Å². The van der Waals surface area contributed by atoms with Crippen molar-refractivity contribution >= 4 is 17.5 Å². The zero-order chi connectivity index (χ0) is 21.1. The number of hydrogen-bond acceptors (Lipinski definition) is 3. The largest absolute Gasteiger partial charge is 0.483 e. The van der Waals surface area contributed by atoms with Crippen molar-refractivity contribution in [3.05, 3.63) is 58.1 Å². The van der Waals surface area contributed by atoms with E-state index in [4.69, 9.17) is 4.74 Å². The first-order valence-electron chi connectivity index (χ1n) is 10.2. The molecule has 0 radical (unpaired) electrons. The summed E-state index contributed by atoms with van der Waals surface area (Å²) in [5, 5.41) is 2.91. The van der Waals surface area contributed by atoms with Crippen LogP contribution >= 0.6 is 0 Å². The molecule has 0 unspecified atom stereocenters. The van der Waals surface area contributed by atoms with Crippen LogP contribution in [0, 0.1) is 26.7 Å². The predicted molar refractivity (Wildman–Crippen MR) is 115 cm³/mol. The van der Waals surface area contributed by atoms with E-state index in [0.717, 1.165) is 46.7 Å². The maximum Gasteiger partial charge on any atom is 0.262 e. The van der Waals surface area contributed by atoms with Crippen molar-refractivity contribution in [3.8, 4) is 5.75 Å². The lowest BCUT2D eigenvalue weighted by Gasteiger charge is -2.30. The number of rotatable bonds is 5. The Morgan fingerprint density at radius 2 is 1.86 bits per heavy atom.